The maximum absolute atomic E-state index is 12.4. The van der Waals surface area contributed by atoms with Gasteiger partial charge < -0.3 is 47.3 Å². The van der Waals surface area contributed by atoms with Gasteiger partial charge in [0.1, 0.15) is 68.7 Å². The zero-order chi connectivity index (χ0) is 99.4. The number of benzene rings is 14. The Kier molecular flexibility index (Phi) is 30.3. The van der Waals surface area contributed by atoms with Gasteiger partial charge in [-0.2, -0.15) is 3.71 Å². The van der Waals surface area contributed by atoms with Crippen molar-refractivity contribution in [2.75, 3.05) is 40.9 Å². The Morgan fingerprint density at radius 1 is 0.439 bits per heavy atom. The second-order valence-electron chi connectivity index (χ2n) is 32.4. The third kappa shape index (κ3) is 23.1. The van der Waals surface area contributed by atoms with E-state index in [1.165, 1.54) is 29.8 Å². The molecule has 2 atom stereocenters. The lowest BCUT2D eigenvalue weighted by molar-refractivity contribution is -0.142. The number of hydrogen-bond donors (Lipinski definition) is 4. The first kappa shape index (κ1) is 100.0. The largest absolute Gasteiger partial charge is 0.507 e. The number of sulfonamides is 3. The molecule has 0 bridgehead atoms. The number of Topliss-reactive ketones (excluding diaryl/α,β-unsaturated/α-hetero) is 5. The van der Waals surface area contributed by atoms with Crippen molar-refractivity contribution in [1.29, 1.82) is 0 Å². The van der Waals surface area contributed by atoms with Crippen molar-refractivity contribution in [1.82, 2.24) is 20.6 Å². The number of anilines is 2. The normalized spacial score (nSPS) is 13.9. The molecule has 710 valence electrons. The highest BCUT2D eigenvalue weighted by molar-refractivity contribution is 9.11. The van der Waals surface area contributed by atoms with Gasteiger partial charge in [0.25, 0.3) is 0 Å². The van der Waals surface area contributed by atoms with E-state index in [4.69, 9.17) is 37.1 Å². The lowest BCUT2D eigenvalue weighted by Gasteiger charge is -2.20. The number of phenols is 1. The van der Waals surface area contributed by atoms with Gasteiger partial charge in [0.05, 0.1) is 114 Å². The molecule has 2 aliphatic carbocycles. The molecule has 5 heterocycles. The summed E-state index contributed by atoms with van der Waals surface area (Å²) in [6, 6.07) is 67.3. The standard InChI is InChI=1S/C19H18N2O7S2.C18H16N2O5S.C15H12BrNO3.C13H8BrNO3.C13H7BrO3.C12H9BrO2.C11H9BrO/c1-29(24,25)21(30(2,26)27)12-4-6-14-11(9-12)3-8-17-18(14)19(20-28-17)15-7-5-13(22)10-16(15)23;1-26(23,24)20-11-3-5-13-10(8-11)2-7-16-17(13)18(19-25-16)14-6-4-12(21)9-15(14)22;1-2-19-14(18)8-12-15-11-5-4-10(16)7-9(11)3-6-13(15)20-17-12;14-8-2-3-9-7(5-8)1-4-11-13(9)10(15-18-11)6-12(16)17;14-8-2-3-9-7(5-8)1-4-11-13(9)10(15)6-12(16)17-11;1-7(14)12-10-4-3-9(13)6-8(10)2-5-11(12)15;1-13-11-5-3-8-6-10(12)4-2-9(8)7-11/h3-4,6,8-9,15H,5,7,10H2,1-2H3;2-3,5,7-8,14,20H,4,6,9H2,1H3;3-7H,2,8H2,1H3;1-5H,6H2,(H,16,17);1-6,15H;2-6,15H,1H3;2-7H,1H3. The van der Waals surface area contributed by atoms with E-state index in [0.29, 0.717) is 113 Å². The molecule has 30 nitrogen and oxygen atoms in total. The van der Waals surface area contributed by atoms with Gasteiger partial charge in [0, 0.05) is 40.9 Å². The summed E-state index contributed by atoms with van der Waals surface area (Å²) in [6.45, 7) is 3.60. The molecule has 0 aliphatic heterocycles. The van der Waals surface area contributed by atoms with Crippen LogP contribution in [-0.2, 0) is 76.4 Å². The van der Waals surface area contributed by atoms with Crippen LogP contribution in [0, 0.1) is 0 Å². The topological polar surface area (TPSA) is 451 Å². The number of hydrogen-bond acceptors (Lipinski definition) is 27. The van der Waals surface area contributed by atoms with E-state index in [0.717, 1.165) is 123 Å². The molecule has 2 unspecified atom stereocenters. The van der Waals surface area contributed by atoms with Crippen LogP contribution in [0.4, 0.5) is 11.4 Å². The number of nitrogens with one attached hydrogen (secondary N) is 1. The quantitative estimate of drug-likeness (QED) is 0.0258. The average molecular weight is 2260 g/mol. The smallest absolute Gasteiger partial charge is 0.339 e. The van der Waals surface area contributed by atoms with Crippen LogP contribution in [0.1, 0.15) is 97.3 Å². The first-order valence-electron chi connectivity index (χ1n) is 42.4. The number of ketones is 5. The van der Waals surface area contributed by atoms with Crippen LogP contribution in [0.15, 0.2) is 274 Å². The van der Waals surface area contributed by atoms with Crippen molar-refractivity contribution in [3.8, 4) is 17.2 Å². The molecule has 38 heteroatoms. The summed E-state index contributed by atoms with van der Waals surface area (Å²) in [4.78, 5) is 92.8. The van der Waals surface area contributed by atoms with E-state index in [1.807, 2.05) is 127 Å². The molecule has 21 rings (SSSR count). The molecule has 2 aliphatic rings. The van der Waals surface area contributed by atoms with Crippen molar-refractivity contribution in [3.05, 3.63) is 286 Å². The van der Waals surface area contributed by atoms with Gasteiger partial charge >= 0.3 is 17.6 Å². The lowest BCUT2D eigenvalue weighted by Crippen LogP contribution is -2.35. The number of carboxylic acids is 1. The first-order valence-corrected chi connectivity index (χ1v) is 51.9. The van der Waals surface area contributed by atoms with Gasteiger partial charge in [0.15, 0.2) is 28.1 Å². The second kappa shape index (κ2) is 42.1. The summed E-state index contributed by atoms with van der Waals surface area (Å²) < 4.78 is 115. The Hall–Kier alpha value is -13.5. The minimum atomic E-state index is -4.08. The molecule has 0 spiro atoms. The van der Waals surface area contributed by atoms with E-state index in [9.17, 15) is 73.8 Å². The maximum Gasteiger partial charge on any atom is 0.339 e. The van der Waals surface area contributed by atoms with Crippen molar-refractivity contribution in [2.45, 2.75) is 77.0 Å². The van der Waals surface area contributed by atoms with E-state index in [-0.39, 0.29) is 84.2 Å². The zero-order valence-corrected chi connectivity index (χ0v) is 84.5. The highest BCUT2D eigenvalue weighted by atomic mass is 79.9. The van der Waals surface area contributed by atoms with Gasteiger partial charge in [-0.15, -0.1) is 0 Å². The molecular formula is C101H79Br5N6O24S3. The summed E-state index contributed by atoms with van der Waals surface area (Å²) in [5.74, 6) is -1.95. The molecule has 4 N–H and O–H groups in total. The molecule has 2 saturated carbocycles. The number of carbonyl (C=O) groups is 7. The summed E-state index contributed by atoms with van der Waals surface area (Å²) in [7, 11) is -9.84. The number of rotatable bonds is 14. The van der Waals surface area contributed by atoms with E-state index >= 15 is 0 Å². The Labute approximate surface area is 832 Å². The number of nitrogens with zero attached hydrogens (tertiary/aromatic N) is 5. The maximum atomic E-state index is 12.4. The summed E-state index contributed by atoms with van der Waals surface area (Å²) in [5, 5.41) is 60.7. The van der Waals surface area contributed by atoms with E-state index < -0.39 is 53.5 Å². The molecule has 14 aromatic carbocycles. The van der Waals surface area contributed by atoms with Crippen molar-refractivity contribution in [2.24, 2.45) is 0 Å². The number of aliphatic carboxylic acids is 1. The minimum Gasteiger partial charge on any atom is -0.507 e. The minimum absolute atomic E-state index is 0.0239. The summed E-state index contributed by atoms with van der Waals surface area (Å²) in [5.41, 5.74) is 5.02. The molecule has 19 aromatic rings. The molecule has 0 saturated heterocycles. The van der Waals surface area contributed by atoms with Crippen LogP contribution in [0.2, 0.25) is 0 Å². The third-order valence-corrected chi connectivity index (χ3v) is 28.9. The lowest BCUT2D eigenvalue weighted by atomic mass is 9.83. The molecule has 139 heavy (non-hydrogen) atoms. The number of ether oxygens (including phenoxy) is 2. The van der Waals surface area contributed by atoms with Crippen molar-refractivity contribution < 1.29 is 106 Å². The monoisotopic (exact) mass is 2250 g/mol. The van der Waals surface area contributed by atoms with Crippen LogP contribution >= 0.6 is 79.6 Å². The molecule has 0 amide bonds. The average Bonchev–Trinajstić information content (AvgIpc) is 1.68. The van der Waals surface area contributed by atoms with Crippen LogP contribution in [0.25, 0.3) is 130 Å². The number of phenolic OH excluding ortho intramolecular Hbond substituents is 1. The van der Waals surface area contributed by atoms with Gasteiger partial charge in [0.2, 0.25) is 30.1 Å². The van der Waals surface area contributed by atoms with Crippen LogP contribution in [0.3, 0.4) is 0 Å². The Bertz CT molecular complexity index is 8630. The number of carboxylic acid groups (broad SMARTS) is 1. The second-order valence-corrected chi connectivity index (χ2v) is 42.6. The van der Waals surface area contributed by atoms with Gasteiger partial charge in [-0.3, -0.25) is 38.3 Å². The number of halogens is 5. The number of carbonyl (C=O) groups excluding carboxylic acids is 6. The highest BCUT2D eigenvalue weighted by Gasteiger charge is 2.36. The summed E-state index contributed by atoms with van der Waals surface area (Å²) in [6.07, 6.45) is 3.94. The zero-order valence-electron chi connectivity index (χ0n) is 74.1. The van der Waals surface area contributed by atoms with Gasteiger partial charge in [-0.25, -0.2) is 30.0 Å². The van der Waals surface area contributed by atoms with Crippen molar-refractivity contribution >= 4 is 292 Å². The van der Waals surface area contributed by atoms with Crippen LogP contribution < -0.4 is 18.8 Å². The van der Waals surface area contributed by atoms with E-state index in [1.54, 1.807) is 74.7 Å². The fraction of sp³-hybridized carbons (Fsp3) is 0.168. The predicted molar refractivity (Wildman–Crippen MR) is 548 cm³/mol. The van der Waals surface area contributed by atoms with Crippen LogP contribution in [-0.4, -0.2) is 135 Å². The van der Waals surface area contributed by atoms with Crippen LogP contribution in [0.5, 0.6) is 17.2 Å². The number of esters is 1. The van der Waals surface area contributed by atoms with Crippen molar-refractivity contribution in [3.63, 3.8) is 0 Å². The van der Waals surface area contributed by atoms with Gasteiger partial charge in [-0.1, -0.05) is 185 Å². The Morgan fingerprint density at radius 2 is 0.827 bits per heavy atom. The number of fused-ring (bicyclic) bond motifs is 17. The molecule has 0 radical (unpaired) electrons. The molecular weight excluding hydrogens is 2180 g/mol. The highest BCUT2D eigenvalue weighted by Crippen LogP contribution is 2.43. The first-order chi connectivity index (χ1) is 66.1. The fourth-order valence-corrected chi connectivity index (χ4v) is 22.1. The Morgan fingerprint density at radius 3 is 1.29 bits per heavy atom. The number of aromatic hydroxyl groups is 2. The fourth-order valence-electron chi connectivity index (χ4n) is 16.7. The SMILES string of the molecule is CC(=O)c1c(O)ccc2cc(Br)ccc12.CCOC(=O)Cc1noc2ccc3cc(Br)ccc3c12.COc1ccc2cc(Br)ccc2c1.CS(=O)(=O)N(c1ccc2c(ccc3onc(C4CCC(=O)CC4=O)c32)c1)S(C)(=O)=O.CS(=O)(=O)Nc1ccc2c(ccc3onc(C4CCC(=O)CC4=O)c32)c1.O=C(O)Cc1noc2ccc3cc(Br)ccc3c12.O=c1cc(O)c2c(ccc3cc(Br)ccc32)o1. The van der Waals surface area contributed by atoms with E-state index in [2.05, 4.69) is 123 Å². The number of aromatic nitrogens is 4. The summed E-state index contributed by atoms with van der Waals surface area (Å²) >= 11 is 17.1. The third-order valence-electron chi connectivity index (χ3n) is 22.6. The van der Waals surface area contributed by atoms with Gasteiger partial charge in [-0.05, 0) is 236 Å². The predicted octanol–water partition coefficient (Wildman–Crippen LogP) is 22.6. The molecule has 5 aromatic heterocycles. The Balaban J connectivity index is 0.000000125. The molecule has 2 fully saturated rings. The number of methoxy groups -OCH3 is 1.